The van der Waals surface area contributed by atoms with Crippen molar-refractivity contribution in [1.82, 2.24) is 5.32 Å². The van der Waals surface area contributed by atoms with Crippen molar-refractivity contribution in [2.75, 3.05) is 23.6 Å². The molecule has 2 N–H and O–H groups in total. The second-order valence-corrected chi connectivity index (χ2v) is 6.22. The minimum atomic E-state index is -3.24. The van der Waals surface area contributed by atoms with Crippen molar-refractivity contribution in [1.29, 1.82) is 0 Å². The zero-order valence-electron chi connectivity index (χ0n) is 11.3. The first-order valence-corrected chi connectivity index (χ1v) is 7.89. The maximum atomic E-state index is 11.9. The smallest absolute Gasteiger partial charge is 0.232 e. The topological polar surface area (TPSA) is 58.2 Å². The highest BCUT2D eigenvalue weighted by atomic mass is 32.2. The predicted octanol–water partition coefficient (Wildman–Crippen LogP) is 2.04. The van der Waals surface area contributed by atoms with Crippen molar-refractivity contribution in [3.63, 3.8) is 0 Å². The minimum Gasteiger partial charge on any atom is -0.317 e. The van der Waals surface area contributed by atoms with Gasteiger partial charge in [0.15, 0.2) is 0 Å². The highest BCUT2D eigenvalue weighted by Gasteiger charge is 2.11. The van der Waals surface area contributed by atoms with Crippen LogP contribution >= 0.6 is 0 Å². The fraction of sp³-hybridized carbons (Fsp3) is 0.538. The third-order valence-electron chi connectivity index (χ3n) is 2.89. The number of aryl methyl sites for hydroxylation is 1. The second-order valence-electron chi connectivity index (χ2n) is 4.38. The molecule has 1 aromatic carbocycles. The standard InChI is InChI=1S/C13H22N2O2S/c1-4-14-9-6-10-18(16,17)15-13-8-5-7-11(2)12(13)3/h5,7-8,14-15H,4,6,9-10H2,1-3H3. The average Bonchev–Trinajstić information content (AvgIpc) is 2.31. The monoisotopic (exact) mass is 270 g/mol. The first kappa shape index (κ1) is 15.0. The van der Waals surface area contributed by atoms with Crippen LogP contribution in [0.15, 0.2) is 18.2 Å². The van der Waals surface area contributed by atoms with Crippen LogP contribution in [0.1, 0.15) is 24.5 Å². The lowest BCUT2D eigenvalue weighted by atomic mass is 10.1. The number of benzene rings is 1. The summed E-state index contributed by atoms with van der Waals surface area (Å²) in [5.74, 6) is 0.146. The van der Waals surface area contributed by atoms with E-state index in [1.807, 2.05) is 32.9 Å². The Balaban J connectivity index is 2.62. The maximum absolute atomic E-state index is 11.9. The van der Waals surface area contributed by atoms with Gasteiger partial charge in [0, 0.05) is 0 Å². The number of sulfonamides is 1. The molecule has 0 fully saturated rings. The van der Waals surface area contributed by atoms with Gasteiger partial charge in [0.25, 0.3) is 0 Å². The van der Waals surface area contributed by atoms with Crippen LogP contribution in [0.3, 0.4) is 0 Å². The van der Waals surface area contributed by atoms with Crippen molar-refractivity contribution in [3.05, 3.63) is 29.3 Å². The van der Waals surface area contributed by atoms with Gasteiger partial charge in [-0.2, -0.15) is 0 Å². The van der Waals surface area contributed by atoms with Crippen LogP contribution in [0.5, 0.6) is 0 Å². The number of hydrogen-bond donors (Lipinski definition) is 2. The van der Waals surface area contributed by atoms with E-state index in [1.54, 1.807) is 6.07 Å². The highest BCUT2D eigenvalue weighted by Crippen LogP contribution is 2.19. The predicted molar refractivity (Wildman–Crippen MR) is 76.5 cm³/mol. The zero-order chi connectivity index (χ0) is 13.6. The minimum absolute atomic E-state index is 0.146. The van der Waals surface area contributed by atoms with Crippen LogP contribution in [0.25, 0.3) is 0 Å². The molecule has 0 saturated carbocycles. The molecule has 4 nitrogen and oxygen atoms in total. The Hall–Kier alpha value is -1.07. The molecule has 0 spiro atoms. The van der Waals surface area contributed by atoms with Crippen LogP contribution in [0, 0.1) is 13.8 Å². The summed E-state index contributed by atoms with van der Waals surface area (Å²) >= 11 is 0. The third kappa shape index (κ3) is 4.66. The molecule has 0 saturated heterocycles. The number of rotatable bonds is 7. The van der Waals surface area contributed by atoms with Crippen LogP contribution < -0.4 is 10.0 Å². The molecule has 0 unspecified atom stereocenters. The van der Waals surface area contributed by atoms with Crippen molar-refractivity contribution < 1.29 is 8.42 Å². The zero-order valence-corrected chi connectivity index (χ0v) is 12.1. The molecule has 0 aromatic heterocycles. The lowest BCUT2D eigenvalue weighted by Gasteiger charge is -2.12. The van der Waals surface area contributed by atoms with Gasteiger partial charge in [-0.3, -0.25) is 4.72 Å². The molecule has 102 valence electrons. The quantitative estimate of drug-likeness (QED) is 0.746. The van der Waals surface area contributed by atoms with Gasteiger partial charge in [-0.25, -0.2) is 8.42 Å². The Bertz CT molecular complexity index is 484. The summed E-state index contributed by atoms with van der Waals surface area (Å²) in [6.45, 7) is 7.49. The van der Waals surface area contributed by atoms with Gasteiger partial charge in [0.2, 0.25) is 10.0 Å². The summed E-state index contributed by atoms with van der Waals surface area (Å²) in [6.07, 6.45) is 0.619. The molecule has 0 aliphatic carbocycles. The number of hydrogen-bond acceptors (Lipinski definition) is 3. The Kier molecular flexibility index (Phi) is 5.62. The van der Waals surface area contributed by atoms with Crippen LogP contribution in [0.2, 0.25) is 0 Å². The summed E-state index contributed by atoms with van der Waals surface area (Å²) in [5.41, 5.74) is 2.74. The molecule has 0 heterocycles. The van der Waals surface area contributed by atoms with E-state index in [9.17, 15) is 8.42 Å². The Morgan fingerprint density at radius 3 is 2.61 bits per heavy atom. The van der Waals surface area contributed by atoms with Crippen molar-refractivity contribution in [2.45, 2.75) is 27.2 Å². The molecule has 0 atom stereocenters. The van der Waals surface area contributed by atoms with Crippen LogP contribution in [0.4, 0.5) is 5.69 Å². The highest BCUT2D eigenvalue weighted by molar-refractivity contribution is 7.92. The first-order valence-electron chi connectivity index (χ1n) is 6.23. The van der Waals surface area contributed by atoms with E-state index in [4.69, 9.17) is 0 Å². The average molecular weight is 270 g/mol. The fourth-order valence-electron chi connectivity index (χ4n) is 1.64. The van der Waals surface area contributed by atoms with Gasteiger partial charge in [0.05, 0.1) is 11.4 Å². The molecule has 0 bridgehead atoms. The van der Waals surface area contributed by atoms with Crippen molar-refractivity contribution in [3.8, 4) is 0 Å². The summed E-state index contributed by atoms with van der Waals surface area (Å²) in [5, 5.41) is 3.11. The molecule has 0 aliphatic heterocycles. The summed E-state index contributed by atoms with van der Waals surface area (Å²) in [7, 11) is -3.24. The fourth-order valence-corrected chi connectivity index (χ4v) is 2.83. The van der Waals surface area contributed by atoms with Gasteiger partial charge in [-0.1, -0.05) is 19.1 Å². The van der Waals surface area contributed by atoms with Crippen molar-refractivity contribution >= 4 is 15.7 Å². The number of anilines is 1. The van der Waals surface area contributed by atoms with Gasteiger partial charge < -0.3 is 5.32 Å². The Morgan fingerprint density at radius 1 is 1.22 bits per heavy atom. The normalized spacial score (nSPS) is 11.5. The SMILES string of the molecule is CCNCCCS(=O)(=O)Nc1cccc(C)c1C. The Labute approximate surface area is 110 Å². The lowest BCUT2D eigenvalue weighted by Crippen LogP contribution is -2.22. The molecule has 0 amide bonds. The van der Waals surface area contributed by atoms with Crippen molar-refractivity contribution in [2.24, 2.45) is 0 Å². The second kappa shape index (κ2) is 6.75. The van der Waals surface area contributed by atoms with E-state index >= 15 is 0 Å². The van der Waals surface area contributed by atoms with E-state index in [1.165, 1.54) is 0 Å². The van der Waals surface area contributed by atoms with Crippen LogP contribution in [-0.4, -0.2) is 27.3 Å². The molecule has 1 aromatic rings. The molecular formula is C13H22N2O2S. The summed E-state index contributed by atoms with van der Waals surface area (Å²) < 4.78 is 26.4. The number of nitrogens with one attached hydrogen (secondary N) is 2. The largest absolute Gasteiger partial charge is 0.317 e. The molecular weight excluding hydrogens is 248 g/mol. The van der Waals surface area contributed by atoms with E-state index in [-0.39, 0.29) is 5.75 Å². The summed E-state index contributed by atoms with van der Waals surface area (Å²) in [6, 6.07) is 5.63. The molecule has 1 rings (SSSR count). The third-order valence-corrected chi connectivity index (χ3v) is 4.24. The lowest BCUT2D eigenvalue weighted by molar-refractivity contribution is 0.595. The molecule has 5 heteroatoms. The van der Waals surface area contributed by atoms with Gasteiger partial charge in [-0.05, 0) is 50.6 Å². The summed E-state index contributed by atoms with van der Waals surface area (Å²) in [4.78, 5) is 0. The molecule has 18 heavy (non-hydrogen) atoms. The van der Waals surface area contributed by atoms with E-state index in [0.29, 0.717) is 12.1 Å². The maximum Gasteiger partial charge on any atom is 0.232 e. The van der Waals surface area contributed by atoms with Gasteiger partial charge in [-0.15, -0.1) is 0 Å². The van der Waals surface area contributed by atoms with E-state index in [2.05, 4.69) is 10.0 Å². The van der Waals surface area contributed by atoms with E-state index in [0.717, 1.165) is 24.2 Å². The van der Waals surface area contributed by atoms with Gasteiger partial charge in [0.1, 0.15) is 0 Å². The first-order chi connectivity index (χ1) is 8.46. The van der Waals surface area contributed by atoms with Crippen LogP contribution in [-0.2, 0) is 10.0 Å². The van der Waals surface area contributed by atoms with Gasteiger partial charge >= 0.3 is 0 Å². The molecule has 0 aliphatic rings. The van der Waals surface area contributed by atoms with E-state index < -0.39 is 10.0 Å². The Morgan fingerprint density at radius 2 is 1.94 bits per heavy atom. The molecule has 0 radical (unpaired) electrons.